The van der Waals surface area contributed by atoms with Crippen molar-refractivity contribution in [2.24, 2.45) is 7.05 Å². The number of rotatable bonds is 10. The average molecular weight is 264 g/mol. The third-order valence-corrected chi connectivity index (χ3v) is 4.32. The van der Waals surface area contributed by atoms with Crippen LogP contribution in [0.4, 0.5) is 0 Å². The normalized spacial score (nSPS) is 14.5. The lowest BCUT2D eigenvalue weighted by molar-refractivity contribution is 0.368. The van der Waals surface area contributed by atoms with Gasteiger partial charge in [0.05, 0.1) is 6.20 Å². The van der Waals surface area contributed by atoms with Gasteiger partial charge in [-0.25, -0.2) is 0 Å². The van der Waals surface area contributed by atoms with Crippen LogP contribution < -0.4 is 0 Å². The Morgan fingerprint density at radius 1 is 1.00 bits per heavy atom. The molecule has 0 N–H and O–H groups in total. The summed E-state index contributed by atoms with van der Waals surface area (Å²) in [6.45, 7) is 6.99. The fourth-order valence-corrected chi connectivity index (χ4v) is 2.83. The molecular formula is C17H32N2. The van der Waals surface area contributed by atoms with E-state index in [9.17, 15) is 0 Å². The van der Waals surface area contributed by atoms with Gasteiger partial charge in [0.2, 0.25) is 0 Å². The lowest BCUT2D eigenvalue weighted by Crippen LogP contribution is -2.21. The standard InChI is InChI=1S/C17H32N2/c1-5-7-9-10-11-13-17(3,12-8-6-2)16-14-18-19(4)15-16/h14-15H,5-13H2,1-4H3. The van der Waals surface area contributed by atoms with Gasteiger partial charge in [-0.15, -0.1) is 0 Å². The Bertz CT molecular complexity index is 343. The fourth-order valence-electron chi connectivity index (χ4n) is 2.83. The molecule has 1 rings (SSSR count). The monoisotopic (exact) mass is 264 g/mol. The number of hydrogen-bond donors (Lipinski definition) is 0. The van der Waals surface area contributed by atoms with Crippen LogP contribution in [-0.4, -0.2) is 9.78 Å². The summed E-state index contributed by atoms with van der Waals surface area (Å²) in [6, 6.07) is 0. The Balaban J connectivity index is 2.54. The van der Waals surface area contributed by atoms with Crippen molar-refractivity contribution < 1.29 is 0 Å². The van der Waals surface area contributed by atoms with E-state index in [1.807, 2.05) is 11.7 Å². The van der Waals surface area contributed by atoms with Crippen LogP contribution in [0.1, 0.15) is 84.1 Å². The third kappa shape index (κ3) is 5.38. The Labute approximate surface area is 119 Å². The molecule has 19 heavy (non-hydrogen) atoms. The predicted octanol–water partition coefficient (Wildman–Crippen LogP) is 5.23. The quantitative estimate of drug-likeness (QED) is 0.529. The minimum absolute atomic E-state index is 0.330. The number of hydrogen-bond acceptors (Lipinski definition) is 1. The van der Waals surface area contributed by atoms with Crippen LogP contribution in [0, 0.1) is 0 Å². The molecule has 110 valence electrons. The Morgan fingerprint density at radius 3 is 2.21 bits per heavy atom. The van der Waals surface area contributed by atoms with E-state index in [2.05, 4.69) is 38.3 Å². The van der Waals surface area contributed by atoms with Crippen molar-refractivity contribution in [3.8, 4) is 0 Å². The van der Waals surface area contributed by atoms with E-state index >= 15 is 0 Å². The lowest BCUT2D eigenvalue weighted by atomic mass is 9.75. The van der Waals surface area contributed by atoms with Crippen molar-refractivity contribution in [3.05, 3.63) is 18.0 Å². The van der Waals surface area contributed by atoms with E-state index in [1.165, 1.54) is 63.4 Å². The topological polar surface area (TPSA) is 17.8 Å². The molecule has 0 aromatic carbocycles. The number of aromatic nitrogens is 2. The second-order valence-corrected chi connectivity index (χ2v) is 6.23. The van der Waals surface area contributed by atoms with Gasteiger partial charge in [0.15, 0.2) is 0 Å². The molecule has 0 aliphatic carbocycles. The molecule has 0 fully saturated rings. The molecule has 0 amide bonds. The van der Waals surface area contributed by atoms with Gasteiger partial charge in [0, 0.05) is 13.2 Å². The van der Waals surface area contributed by atoms with E-state index in [0.717, 1.165) is 0 Å². The predicted molar refractivity (Wildman–Crippen MR) is 83.5 cm³/mol. The first-order valence-corrected chi connectivity index (χ1v) is 8.11. The molecule has 1 aromatic rings. The van der Waals surface area contributed by atoms with Crippen LogP contribution in [0.25, 0.3) is 0 Å². The highest BCUT2D eigenvalue weighted by atomic mass is 15.2. The summed E-state index contributed by atoms with van der Waals surface area (Å²) in [6.07, 6.45) is 16.3. The number of unbranched alkanes of at least 4 members (excludes halogenated alkanes) is 5. The number of aryl methyl sites for hydroxylation is 1. The lowest BCUT2D eigenvalue weighted by Gasteiger charge is -2.29. The smallest absolute Gasteiger partial charge is 0.0527 e. The second-order valence-electron chi connectivity index (χ2n) is 6.23. The van der Waals surface area contributed by atoms with Crippen LogP contribution in [0.15, 0.2) is 12.4 Å². The van der Waals surface area contributed by atoms with Gasteiger partial charge in [0.25, 0.3) is 0 Å². The molecule has 1 atom stereocenters. The molecule has 1 heterocycles. The summed E-state index contributed by atoms with van der Waals surface area (Å²) in [5.41, 5.74) is 1.76. The van der Waals surface area contributed by atoms with Crippen molar-refractivity contribution in [1.29, 1.82) is 0 Å². The van der Waals surface area contributed by atoms with Crippen molar-refractivity contribution >= 4 is 0 Å². The summed E-state index contributed by atoms with van der Waals surface area (Å²) in [4.78, 5) is 0. The first kappa shape index (κ1) is 16.3. The zero-order valence-corrected chi connectivity index (χ0v) is 13.4. The van der Waals surface area contributed by atoms with Crippen molar-refractivity contribution in [3.63, 3.8) is 0 Å². The van der Waals surface area contributed by atoms with Crippen LogP contribution in [-0.2, 0) is 12.5 Å². The van der Waals surface area contributed by atoms with Crippen LogP contribution in [0.5, 0.6) is 0 Å². The molecule has 1 aromatic heterocycles. The molecule has 0 saturated heterocycles. The average Bonchev–Trinajstić information content (AvgIpc) is 2.83. The van der Waals surface area contributed by atoms with Gasteiger partial charge in [-0.3, -0.25) is 4.68 Å². The van der Waals surface area contributed by atoms with Gasteiger partial charge in [0.1, 0.15) is 0 Å². The minimum Gasteiger partial charge on any atom is -0.276 e. The first-order chi connectivity index (χ1) is 9.12. The molecule has 2 heteroatoms. The molecule has 0 aliphatic heterocycles. The molecule has 0 spiro atoms. The van der Waals surface area contributed by atoms with E-state index in [1.54, 1.807) is 0 Å². The van der Waals surface area contributed by atoms with E-state index in [4.69, 9.17) is 0 Å². The molecule has 0 bridgehead atoms. The van der Waals surface area contributed by atoms with Crippen LogP contribution >= 0.6 is 0 Å². The van der Waals surface area contributed by atoms with Gasteiger partial charge in [-0.05, 0) is 23.8 Å². The highest BCUT2D eigenvalue weighted by Gasteiger charge is 2.26. The highest BCUT2D eigenvalue weighted by Crippen LogP contribution is 2.34. The third-order valence-electron chi connectivity index (χ3n) is 4.32. The van der Waals surface area contributed by atoms with E-state index in [-0.39, 0.29) is 0 Å². The summed E-state index contributed by atoms with van der Waals surface area (Å²) in [7, 11) is 2.02. The van der Waals surface area contributed by atoms with E-state index < -0.39 is 0 Å². The second kappa shape index (κ2) is 8.39. The van der Waals surface area contributed by atoms with Crippen molar-refractivity contribution in [2.75, 3.05) is 0 Å². The zero-order chi connectivity index (χ0) is 14.1. The Kier molecular flexibility index (Phi) is 7.19. The van der Waals surface area contributed by atoms with Crippen LogP contribution in [0.2, 0.25) is 0 Å². The van der Waals surface area contributed by atoms with Crippen LogP contribution in [0.3, 0.4) is 0 Å². The fraction of sp³-hybridized carbons (Fsp3) is 0.824. The highest BCUT2D eigenvalue weighted by molar-refractivity contribution is 5.18. The summed E-state index contributed by atoms with van der Waals surface area (Å²) in [5, 5.41) is 4.37. The Hall–Kier alpha value is -0.790. The minimum atomic E-state index is 0.330. The van der Waals surface area contributed by atoms with Crippen molar-refractivity contribution in [2.45, 2.75) is 84.0 Å². The van der Waals surface area contributed by atoms with Gasteiger partial charge in [-0.2, -0.15) is 5.10 Å². The molecule has 1 unspecified atom stereocenters. The van der Waals surface area contributed by atoms with Gasteiger partial charge < -0.3 is 0 Å². The molecule has 0 radical (unpaired) electrons. The molecule has 0 aliphatic rings. The zero-order valence-electron chi connectivity index (χ0n) is 13.4. The molecule has 2 nitrogen and oxygen atoms in total. The maximum Gasteiger partial charge on any atom is 0.0527 e. The van der Waals surface area contributed by atoms with Gasteiger partial charge in [-0.1, -0.05) is 65.7 Å². The maximum absolute atomic E-state index is 4.37. The molecule has 0 saturated carbocycles. The van der Waals surface area contributed by atoms with E-state index in [0.29, 0.717) is 5.41 Å². The van der Waals surface area contributed by atoms with Crippen molar-refractivity contribution in [1.82, 2.24) is 9.78 Å². The SMILES string of the molecule is CCCCCCCC(C)(CCCC)c1cnn(C)c1. The summed E-state index contributed by atoms with van der Waals surface area (Å²) in [5.74, 6) is 0. The van der Waals surface area contributed by atoms with Gasteiger partial charge >= 0.3 is 0 Å². The Morgan fingerprint density at radius 2 is 1.63 bits per heavy atom. The maximum atomic E-state index is 4.37. The summed E-state index contributed by atoms with van der Waals surface area (Å²) < 4.78 is 1.94. The summed E-state index contributed by atoms with van der Waals surface area (Å²) >= 11 is 0. The number of nitrogens with zero attached hydrogens (tertiary/aromatic N) is 2. The largest absolute Gasteiger partial charge is 0.276 e. The molecular weight excluding hydrogens is 232 g/mol. The first-order valence-electron chi connectivity index (χ1n) is 8.11.